The van der Waals surface area contributed by atoms with Crippen LogP contribution in [0.5, 0.6) is 0 Å². The molecule has 122 valence electrons. The number of fused-ring (bicyclic) bond motifs is 5. The van der Waals surface area contributed by atoms with Gasteiger partial charge in [-0.2, -0.15) is 0 Å². The Morgan fingerprint density at radius 2 is 1.27 bits per heavy atom. The lowest BCUT2D eigenvalue weighted by molar-refractivity contribution is -0.113. The van der Waals surface area contributed by atoms with Gasteiger partial charge >= 0.3 is 0 Å². The van der Waals surface area contributed by atoms with Crippen LogP contribution in [0.25, 0.3) is 37.9 Å². The fourth-order valence-corrected chi connectivity index (χ4v) is 3.80. The lowest BCUT2D eigenvalue weighted by Gasteiger charge is -2.14. The Bertz CT molecular complexity index is 1310. The Morgan fingerprint density at radius 1 is 0.577 bits per heavy atom. The molecule has 0 aliphatic heterocycles. The lowest BCUT2D eigenvalue weighted by Crippen LogP contribution is -2.07. The molecular formula is C24H14O2. The number of benzene rings is 4. The highest BCUT2D eigenvalue weighted by Crippen LogP contribution is 2.36. The Balaban J connectivity index is 1.97. The molecule has 2 nitrogen and oxygen atoms in total. The molecule has 0 heterocycles. The van der Waals surface area contributed by atoms with Crippen molar-refractivity contribution in [3.63, 3.8) is 0 Å². The molecule has 2 heteroatoms. The molecule has 4 aromatic rings. The molecule has 0 amide bonds. The number of carbonyl (C=O) groups excluding carboxylic acids is 2. The molecule has 26 heavy (non-hydrogen) atoms. The van der Waals surface area contributed by atoms with Crippen molar-refractivity contribution in [3.05, 3.63) is 90.5 Å². The molecular weight excluding hydrogens is 320 g/mol. The summed E-state index contributed by atoms with van der Waals surface area (Å²) in [5, 5.41) is 6.60. The Kier molecular flexibility index (Phi) is 3.13. The third-order valence-corrected chi connectivity index (χ3v) is 5.01. The Morgan fingerprint density at radius 3 is 2.12 bits per heavy atom. The van der Waals surface area contributed by atoms with Crippen molar-refractivity contribution in [1.82, 2.24) is 0 Å². The molecule has 0 bridgehead atoms. The Hall–Kier alpha value is -3.52. The van der Waals surface area contributed by atoms with Crippen LogP contribution in [-0.2, 0) is 9.59 Å². The molecule has 0 N–H and O–H groups in total. The second-order valence-electron chi connectivity index (χ2n) is 6.51. The number of ketones is 2. The molecule has 0 unspecified atom stereocenters. The first-order valence-corrected chi connectivity index (χ1v) is 8.54. The van der Waals surface area contributed by atoms with Crippen molar-refractivity contribution >= 4 is 49.5 Å². The summed E-state index contributed by atoms with van der Waals surface area (Å²) in [6.07, 6.45) is 4.13. The van der Waals surface area contributed by atoms with Gasteiger partial charge in [-0.3, -0.25) is 9.59 Å². The van der Waals surface area contributed by atoms with E-state index in [2.05, 4.69) is 36.4 Å². The maximum Gasteiger partial charge on any atom is 0.186 e. The lowest BCUT2D eigenvalue weighted by atomic mass is 9.88. The largest absolute Gasteiger partial charge is 0.290 e. The number of hydrogen-bond donors (Lipinski definition) is 0. The highest BCUT2D eigenvalue weighted by Gasteiger charge is 2.19. The molecule has 0 fully saturated rings. The van der Waals surface area contributed by atoms with Crippen LogP contribution in [-0.4, -0.2) is 11.6 Å². The SMILES string of the molecule is O=C1C=CC(=O)C(c2cc3c4ccccc4ccc3c3ccccc23)=C1. The first-order valence-electron chi connectivity index (χ1n) is 8.54. The zero-order chi connectivity index (χ0) is 17.7. The van der Waals surface area contributed by atoms with Gasteiger partial charge in [-0.05, 0) is 62.2 Å². The number of carbonyl (C=O) groups is 2. The molecule has 0 saturated carbocycles. The average molecular weight is 334 g/mol. The van der Waals surface area contributed by atoms with Crippen molar-refractivity contribution < 1.29 is 9.59 Å². The minimum absolute atomic E-state index is 0.130. The zero-order valence-corrected chi connectivity index (χ0v) is 13.9. The predicted molar refractivity (Wildman–Crippen MR) is 106 cm³/mol. The standard InChI is InChI=1S/C24H14O2/c25-16-10-12-24(26)23(13-16)22-14-21-17-6-2-1-5-15(17)9-11-20(21)18-7-3-4-8-19(18)22/h1-14H. The quantitative estimate of drug-likeness (QED) is 0.352. The maximum atomic E-state index is 12.5. The number of hydrogen-bond acceptors (Lipinski definition) is 2. The smallest absolute Gasteiger partial charge is 0.186 e. The fraction of sp³-hybridized carbons (Fsp3) is 0. The summed E-state index contributed by atoms with van der Waals surface area (Å²) >= 11 is 0. The fourth-order valence-electron chi connectivity index (χ4n) is 3.80. The Labute approximate surface area is 150 Å². The molecule has 0 atom stereocenters. The summed E-state index contributed by atoms with van der Waals surface area (Å²) < 4.78 is 0. The zero-order valence-electron chi connectivity index (χ0n) is 13.9. The molecule has 0 radical (unpaired) electrons. The van der Waals surface area contributed by atoms with Crippen molar-refractivity contribution in [1.29, 1.82) is 0 Å². The minimum Gasteiger partial charge on any atom is -0.290 e. The van der Waals surface area contributed by atoms with E-state index in [9.17, 15) is 9.59 Å². The van der Waals surface area contributed by atoms with Crippen LogP contribution >= 0.6 is 0 Å². The van der Waals surface area contributed by atoms with E-state index < -0.39 is 0 Å². The molecule has 0 aromatic heterocycles. The van der Waals surface area contributed by atoms with Gasteiger partial charge in [-0.25, -0.2) is 0 Å². The van der Waals surface area contributed by atoms with Crippen LogP contribution < -0.4 is 0 Å². The van der Waals surface area contributed by atoms with Gasteiger partial charge in [0.2, 0.25) is 0 Å². The van der Waals surface area contributed by atoms with Crippen molar-refractivity contribution in [2.45, 2.75) is 0 Å². The normalized spacial score (nSPS) is 14.4. The highest BCUT2D eigenvalue weighted by atomic mass is 16.1. The predicted octanol–water partition coefficient (Wildman–Crippen LogP) is 5.24. The maximum absolute atomic E-state index is 12.5. The van der Waals surface area contributed by atoms with E-state index in [4.69, 9.17) is 0 Å². The molecule has 1 aliphatic rings. The third kappa shape index (κ3) is 2.12. The second kappa shape index (κ2) is 5.50. The van der Waals surface area contributed by atoms with E-state index in [1.165, 1.54) is 18.2 Å². The van der Waals surface area contributed by atoms with E-state index in [0.717, 1.165) is 37.9 Å². The minimum atomic E-state index is -0.151. The van der Waals surface area contributed by atoms with E-state index >= 15 is 0 Å². The topological polar surface area (TPSA) is 34.1 Å². The number of rotatable bonds is 1. The first kappa shape index (κ1) is 14.8. The summed E-state index contributed by atoms with van der Waals surface area (Å²) in [7, 11) is 0. The summed E-state index contributed by atoms with van der Waals surface area (Å²) in [6, 6.07) is 22.6. The first-order chi connectivity index (χ1) is 12.7. The van der Waals surface area contributed by atoms with Crippen molar-refractivity contribution in [2.75, 3.05) is 0 Å². The van der Waals surface area contributed by atoms with Crippen LogP contribution in [0.2, 0.25) is 0 Å². The van der Waals surface area contributed by atoms with Gasteiger partial charge in [-0.1, -0.05) is 60.7 Å². The molecule has 0 spiro atoms. The van der Waals surface area contributed by atoms with E-state index in [1.54, 1.807) is 0 Å². The van der Waals surface area contributed by atoms with E-state index in [-0.39, 0.29) is 11.6 Å². The summed E-state index contributed by atoms with van der Waals surface area (Å²) in [6.45, 7) is 0. The van der Waals surface area contributed by atoms with Gasteiger partial charge < -0.3 is 0 Å². The van der Waals surface area contributed by atoms with Gasteiger partial charge in [0.25, 0.3) is 0 Å². The van der Waals surface area contributed by atoms with Crippen LogP contribution in [0.1, 0.15) is 5.56 Å². The average Bonchev–Trinajstić information content (AvgIpc) is 2.69. The van der Waals surface area contributed by atoms with Crippen molar-refractivity contribution in [3.8, 4) is 0 Å². The van der Waals surface area contributed by atoms with Gasteiger partial charge in [0.05, 0.1) is 0 Å². The summed E-state index contributed by atoms with van der Waals surface area (Å²) in [4.78, 5) is 24.4. The van der Waals surface area contributed by atoms with Gasteiger partial charge in [0.15, 0.2) is 11.6 Å². The van der Waals surface area contributed by atoms with Gasteiger partial charge in [0, 0.05) is 5.57 Å². The van der Waals surface area contributed by atoms with Crippen molar-refractivity contribution in [2.24, 2.45) is 0 Å². The molecule has 5 rings (SSSR count). The van der Waals surface area contributed by atoms with E-state index in [0.29, 0.717) is 5.57 Å². The molecule has 4 aromatic carbocycles. The van der Waals surface area contributed by atoms with Gasteiger partial charge in [0.1, 0.15) is 0 Å². The molecule has 0 saturated heterocycles. The molecule has 1 aliphatic carbocycles. The monoisotopic (exact) mass is 334 g/mol. The van der Waals surface area contributed by atoms with Gasteiger partial charge in [-0.15, -0.1) is 0 Å². The van der Waals surface area contributed by atoms with Crippen LogP contribution in [0, 0.1) is 0 Å². The van der Waals surface area contributed by atoms with E-state index in [1.807, 2.05) is 30.3 Å². The van der Waals surface area contributed by atoms with Crippen LogP contribution in [0.4, 0.5) is 0 Å². The van der Waals surface area contributed by atoms with Crippen LogP contribution in [0.15, 0.2) is 85.0 Å². The third-order valence-electron chi connectivity index (χ3n) is 5.01. The summed E-state index contributed by atoms with van der Waals surface area (Å²) in [5.41, 5.74) is 1.27. The second-order valence-corrected chi connectivity index (χ2v) is 6.51. The highest BCUT2D eigenvalue weighted by molar-refractivity contribution is 6.36. The summed E-state index contributed by atoms with van der Waals surface area (Å²) in [5.74, 6) is -0.281. The number of allylic oxidation sites excluding steroid dienone is 4. The van der Waals surface area contributed by atoms with Crippen LogP contribution in [0.3, 0.4) is 0 Å².